The molecule has 0 heterocycles. The summed E-state index contributed by atoms with van der Waals surface area (Å²) in [4.78, 5) is 0. The summed E-state index contributed by atoms with van der Waals surface area (Å²) in [5, 5.41) is 9.76. The summed E-state index contributed by atoms with van der Waals surface area (Å²) >= 11 is 0. The molecular formula is C12H15F3O2. The van der Waals surface area contributed by atoms with Crippen LogP contribution in [0.2, 0.25) is 0 Å². The Hall–Kier alpha value is -1.07. The topological polar surface area (TPSA) is 29.5 Å². The van der Waals surface area contributed by atoms with Gasteiger partial charge < -0.3 is 9.84 Å². The van der Waals surface area contributed by atoms with Gasteiger partial charge in [-0.15, -0.1) is 0 Å². The number of aryl methyl sites for hydroxylation is 1. The van der Waals surface area contributed by atoms with Crippen LogP contribution in [0.15, 0.2) is 18.2 Å². The van der Waals surface area contributed by atoms with E-state index < -0.39 is 25.0 Å². The minimum Gasteiger partial charge on any atom is -0.388 e. The first-order valence-electron chi connectivity index (χ1n) is 5.30. The van der Waals surface area contributed by atoms with Gasteiger partial charge in [0, 0.05) is 13.0 Å². The van der Waals surface area contributed by atoms with Crippen LogP contribution in [0.4, 0.5) is 13.2 Å². The molecule has 17 heavy (non-hydrogen) atoms. The average molecular weight is 248 g/mol. The predicted molar refractivity (Wildman–Crippen MR) is 57.5 cm³/mol. The first-order chi connectivity index (χ1) is 8.00. The van der Waals surface area contributed by atoms with Crippen molar-refractivity contribution in [2.75, 3.05) is 13.2 Å². The molecule has 5 heteroatoms. The Morgan fingerprint density at radius 2 is 2.06 bits per heavy atom. The van der Waals surface area contributed by atoms with Gasteiger partial charge in [0.1, 0.15) is 12.4 Å². The smallest absolute Gasteiger partial charge is 0.261 e. The Balaban J connectivity index is 2.46. The minimum atomic E-state index is -2.51. The van der Waals surface area contributed by atoms with E-state index in [2.05, 4.69) is 4.74 Å². The maximum absolute atomic E-state index is 13.0. The fraction of sp³-hybridized carbons (Fsp3) is 0.500. The summed E-state index contributed by atoms with van der Waals surface area (Å²) < 4.78 is 41.1. The summed E-state index contributed by atoms with van der Waals surface area (Å²) in [7, 11) is 0. The SMILES string of the molecule is Cc1ccc(F)cc1C(O)CCOCC(F)F. The van der Waals surface area contributed by atoms with Crippen LogP contribution in [0.5, 0.6) is 0 Å². The Kier molecular flexibility index (Phi) is 5.44. The molecule has 1 aromatic rings. The molecule has 0 fully saturated rings. The van der Waals surface area contributed by atoms with E-state index in [4.69, 9.17) is 0 Å². The van der Waals surface area contributed by atoms with Crippen LogP contribution in [0.3, 0.4) is 0 Å². The molecule has 0 aromatic heterocycles. The first kappa shape index (κ1) is 14.0. The molecule has 0 aliphatic heterocycles. The van der Waals surface area contributed by atoms with Gasteiger partial charge in [0.15, 0.2) is 0 Å². The maximum atomic E-state index is 13.0. The highest BCUT2D eigenvalue weighted by Crippen LogP contribution is 2.21. The van der Waals surface area contributed by atoms with Crippen LogP contribution in [0, 0.1) is 12.7 Å². The molecule has 1 atom stereocenters. The molecule has 0 amide bonds. The summed E-state index contributed by atoms with van der Waals surface area (Å²) in [6.45, 7) is 1.12. The minimum absolute atomic E-state index is 0.0153. The number of aliphatic hydroxyl groups excluding tert-OH is 1. The molecule has 0 aliphatic carbocycles. The molecule has 0 spiro atoms. The lowest BCUT2D eigenvalue weighted by molar-refractivity contribution is 0.00473. The lowest BCUT2D eigenvalue weighted by Gasteiger charge is -2.13. The Bertz CT molecular complexity index is 356. The maximum Gasteiger partial charge on any atom is 0.261 e. The third kappa shape index (κ3) is 4.75. The molecule has 0 saturated carbocycles. The van der Waals surface area contributed by atoms with Crippen molar-refractivity contribution in [3.05, 3.63) is 35.1 Å². The molecule has 0 radical (unpaired) electrons. The molecule has 1 N–H and O–H groups in total. The number of benzene rings is 1. The zero-order chi connectivity index (χ0) is 12.8. The van der Waals surface area contributed by atoms with Gasteiger partial charge >= 0.3 is 0 Å². The number of halogens is 3. The molecule has 0 bridgehead atoms. The fourth-order valence-corrected chi connectivity index (χ4v) is 1.49. The van der Waals surface area contributed by atoms with Crippen LogP contribution < -0.4 is 0 Å². The number of ether oxygens (including phenoxy) is 1. The predicted octanol–water partition coefficient (Wildman–Crippen LogP) is 2.84. The Labute approximate surface area is 98.0 Å². The highest BCUT2D eigenvalue weighted by Gasteiger charge is 2.12. The van der Waals surface area contributed by atoms with Crippen LogP contribution in [-0.4, -0.2) is 24.7 Å². The van der Waals surface area contributed by atoms with E-state index >= 15 is 0 Å². The highest BCUT2D eigenvalue weighted by atomic mass is 19.3. The molecule has 96 valence electrons. The van der Waals surface area contributed by atoms with Crippen molar-refractivity contribution in [3.63, 3.8) is 0 Å². The molecular weight excluding hydrogens is 233 g/mol. The van der Waals surface area contributed by atoms with Gasteiger partial charge in [0.2, 0.25) is 0 Å². The van der Waals surface area contributed by atoms with Crippen molar-refractivity contribution in [1.29, 1.82) is 0 Å². The van der Waals surface area contributed by atoms with Crippen molar-refractivity contribution >= 4 is 0 Å². The van der Waals surface area contributed by atoms with Crippen molar-refractivity contribution in [2.24, 2.45) is 0 Å². The standard InChI is InChI=1S/C12H15F3O2/c1-8-2-3-9(13)6-10(8)11(16)4-5-17-7-12(14)15/h2-3,6,11-12,16H,4-5,7H2,1H3. The Morgan fingerprint density at radius 1 is 1.35 bits per heavy atom. The largest absolute Gasteiger partial charge is 0.388 e. The van der Waals surface area contributed by atoms with Crippen LogP contribution in [0.25, 0.3) is 0 Å². The molecule has 2 nitrogen and oxygen atoms in total. The molecule has 1 unspecified atom stereocenters. The lowest BCUT2D eigenvalue weighted by Crippen LogP contribution is -2.09. The van der Waals surface area contributed by atoms with Gasteiger partial charge in [-0.2, -0.15) is 0 Å². The van der Waals surface area contributed by atoms with E-state index in [1.54, 1.807) is 13.0 Å². The second kappa shape index (κ2) is 6.61. The quantitative estimate of drug-likeness (QED) is 0.784. The normalized spacial score (nSPS) is 13.1. The number of hydrogen-bond acceptors (Lipinski definition) is 2. The molecule has 1 rings (SSSR count). The van der Waals surface area contributed by atoms with Gasteiger partial charge in [-0.05, 0) is 30.2 Å². The van der Waals surface area contributed by atoms with E-state index in [1.165, 1.54) is 12.1 Å². The van der Waals surface area contributed by atoms with E-state index in [1.807, 2.05) is 0 Å². The van der Waals surface area contributed by atoms with Gasteiger partial charge in [-0.1, -0.05) is 6.07 Å². The summed E-state index contributed by atoms with van der Waals surface area (Å²) in [5.41, 5.74) is 1.22. The third-order valence-corrected chi connectivity index (χ3v) is 2.38. The van der Waals surface area contributed by atoms with E-state index in [0.29, 0.717) is 5.56 Å². The van der Waals surface area contributed by atoms with Crippen LogP contribution in [-0.2, 0) is 4.74 Å². The fourth-order valence-electron chi connectivity index (χ4n) is 1.49. The van der Waals surface area contributed by atoms with Crippen LogP contribution in [0.1, 0.15) is 23.7 Å². The van der Waals surface area contributed by atoms with Crippen LogP contribution >= 0.6 is 0 Å². The van der Waals surface area contributed by atoms with Gasteiger partial charge in [0.05, 0.1) is 6.10 Å². The lowest BCUT2D eigenvalue weighted by atomic mass is 10.0. The number of hydrogen-bond donors (Lipinski definition) is 1. The van der Waals surface area contributed by atoms with Crippen molar-refractivity contribution in [1.82, 2.24) is 0 Å². The molecule has 1 aromatic carbocycles. The third-order valence-electron chi connectivity index (χ3n) is 2.38. The van der Waals surface area contributed by atoms with Crippen molar-refractivity contribution < 1.29 is 23.0 Å². The summed E-state index contributed by atoms with van der Waals surface area (Å²) in [6, 6.07) is 4.11. The second-order valence-electron chi connectivity index (χ2n) is 3.77. The van der Waals surface area contributed by atoms with Crippen molar-refractivity contribution in [3.8, 4) is 0 Å². The molecule has 0 saturated heterocycles. The zero-order valence-electron chi connectivity index (χ0n) is 9.50. The number of alkyl halides is 2. The number of aliphatic hydroxyl groups is 1. The second-order valence-corrected chi connectivity index (χ2v) is 3.77. The Morgan fingerprint density at radius 3 is 2.71 bits per heavy atom. The monoisotopic (exact) mass is 248 g/mol. The van der Waals surface area contributed by atoms with Gasteiger partial charge in [-0.3, -0.25) is 0 Å². The summed E-state index contributed by atoms with van der Waals surface area (Å²) in [6.07, 6.45) is -3.25. The van der Waals surface area contributed by atoms with E-state index in [0.717, 1.165) is 5.56 Å². The van der Waals surface area contributed by atoms with Gasteiger partial charge in [0.25, 0.3) is 6.43 Å². The highest BCUT2D eigenvalue weighted by molar-refractivity contribution is 5.28. The van der Waals surface area contributed by atoms with E-state index in [9.17, 15) is 18.3 Å². The number of rotatable bonds is 6. The zero-order valence-corrected chi connectivity index (χ0v) is 9.50. The van der Waals surface area contributed by atoms with Gasteiger partial charge in [-0.25, -0.2) is 13.2 Å². The van der Waals surface area contributed by atoms with Crippen molar-refractivity contribution in [2.45, 2.75) is 25.9 Å². The first-order valence-corrected chi connectivity index (χ1v) is 5.30. The summed E-state index contributed by atoms with van der Waals surface area (Å²) in [5.74, 6) is -0.432. The molecule has 0 aliphatic rings. The average Bonchev–Trinajstić information content (AvgIpc) is 2.27. The van der Waals surface area contributed by atoms with E-state index in [-0.39, 0.29) is 13.0 Å².